The van der Waals surface area contributed by atoms with E-state index in [4.69, 9.17) is 10.5 Å². The van der Waals surface area contributed by atoms with Gasteiger partial charge in [0.25, 0.3) is 0 Å². The molecule has 0 saturated carbocycles. The van der Waals surface area contributed by atoms with Gasteiger partial charge in [0.15, 0.2) is 5.82 Å². The second-order valence-electron chi connectivity index (χ2n) is 5.81. The molecule has 4 aromatic rings. The number of benzene rings is 1. The largest absolute Gasteiger partial charge is 0.465 e. The van der Waals surface area contributed by atoms with Crippen molar-refractivity contribution in [1.82, 2.24) is 14.5 Å². The number of nitrogens with zero attached hydrogens (tertiary/aromatic N) is 2. The Labute approximate surface area is 142 Å². The number of nitrogens with two attached hydrogens (primary N) is 1. The van der Waals surface area contributed by atoms with Crippen LogP contribution in [0.2, 0.25) is 0 Å². The number of aromatic amines is 1. The monoisotopic (exact) mass is 338 g/mol. The van der Waals surface area contributed by atoms with Crippen LogP contribution in [0.15, 0.2) is 36.7 Å². The summed E-state index contributed by atoms with van der Waals surface area (Å²) in [7, 11) is 3.08. The molecule has 0 bridgehead atoms. The molecule has 0 amide bonds. The van der Waals surface area contributed by atoms with Gasteiger partial charge in [0.05, 0.1) is 23.7 Å². The van der Waals surface area contributed by atoms with E-state index >= 15 is 4.39 Å². The van der Waals surface area contributed by atoms with Gasteiger partial charge in [-0.05, 0) is 18.2 Å². The Morgan fingerprint density at radius 2 is 2.16 bits per heavy atom. The average molecular weight is 338 g/mol. The minimum atomic E-state index is -0.526. The highest BCUT2D eigenvalue weighted by atomic mass is 19.1. The van der Waals surface area contributed by atoms with E-state index in [0.717, 1.165) is 5.39 Å². The Kier molecular flexibility index (Phi) is 3.24. The SMILES string of the molecule is COC(=O)c1cnc(N)c2[nH]c(-c3ccc4ccn(C)c4c3F)cc12. The molecular weight excluding hydrogens is 323 g/mol. The van der Waals surface area contributed by atoms with Crippen LogP contribution < -0.4 is 5.73 Å². The van der Waals surface area contributed by atoms with E-state index in [2.05, 4.69) is 9.97 Å². The molecule has 0 atom stereocenters. The standard InChI is InChI=1S/C18H15FN4O2/c1-23-6-5-9-3-4-10(14(19)16(9)23)13-7-11-12(18(24)25-2)8-21-17(20)15(11)22-13/h3-8,22H,1-2H3,(H2,20,21). The van der Waals surface area contributed by atoms with E-state index in [1.54, 1.807) is 29.9 Å². The molecule has 7 heteroatoms. The number of aryl methyl sites for hydroxylation is 1. The summed E-state index contributed by atoms with van der Waals surface area (Å²) in [6, 6.07) is 7.09. The van der Waals surface area contributed by atoms with E-state index in [0.29, 0.717) is 27.7 Å². The summed E-state index contributed by atoms with van der Waals surface area (Å²) in [6.07, 6.45) is 3.16. The van der Waals surface area contributed by atoms with Crippen molar-refractivity contribution in [3.8, 4) is 11.3 Å². The smallest absolute Gasteiger partial charge is 0.340 e. The van der Waals surface area contributed by atoms with Gasteiger partial charge in [-0.15, -0.1) is 0 Å². The zero-order valence-electron chi connectivity index (χ0n) is 13.6. The van der Waals surface area contributed by atoms with Crippen molar-refractivity contribution in [1.29, 1.82) is 0 Å². The van der Waals surface area contributed by atoms with Gasteiger partial charge >= 0.3 is 5.97 Å². The molecule has 1 aromatic carbocycles. The van der Waals surface area contributed by atoms with Crippen LogP contribution in [-0.2, 0) is 11.8 Å². The number of anilines is 1. The number of carbonyl (C=O) groups is 1. The van der Waals surface area contributed by atoms with E-state index in [-0.39, 0.29) is 17.2 Å². The fourth-order valence-corrected chi connectivity index (χ4v) is 3.10. The van der Waals surface area contributed by atoms with Crippen LogP contribution in [0.1, 0.15) is 10.4 Å². The maximum atomic E-state index is 15.0. The predicted octanol–water partition coefficient (Wildman–Crippen LogP) is 3.23. The highest BCUT2D eigenvalue weighted by Crippen LogP contribution is 2.33. The number of nitrogens with one attached hydrogen (secondary N) is 1. The zero-order valence-corrected chi connectivity index (χ0v) is 13.6. The maximum Gasteiger partial charge on any atom is 0.340 e. The number of pyridine rings is 1. The number of rotatable bonds is 2. The molecule has 0 fully saturated rings. The summed E-state index contributed by atoms with van der Waals surface area (Å²) in [5.41, 5.74) is 8.06. The minimum absolute atomic E-state index is 0.231. The quantitative estimate of drug-likeness (QED) is 0.550. The lowest BCUT2D eigenvalue weighted by molar-refractivity contribution is 0.0602. The molecule has 0 aliphatic heterocycles. The number of methoxy groups -OCH3 is 1. The van der Waals surface area contributed by atoms with Crippen LogP contribution in [0.5, 0.6) is 0 Å². The van der Waals surface area contributed by atoms with Crippen molar-refractivity contribution in [2.45, 2.75) is 0 Å². The van der Waals surface area contributed by atoms with E-state index in [1.807, 2.05) is 12.1 Å². The van der Waals surface area contributed by atoms with Gasteiger partial charge in [0, 0.05) is 41.5 Å². The highest BCUT2D eigenvalue weighted by molar-refractivity contribution is 6.07. The van der Waals surface area contributed by atoms with Gasteiger partial charge in [-0.1, -0.05) is 6.07 Å². The molecule has 6 nitrogen and oxygen atoms in total. The highest BCUT2D eigenvalue weighted by Gasteiger charge is 2.19. The Hall–Kier alpha value is -3.35. The topological polar surface area (TPSA) is 85.9 Å². The Morgan fingerprint density at radius 1 is 1.36 bits per heavy atom. The lowest BCUT2D eigenvalue weighted by Crippen LogP contribution is -2.03. The third-order valence-corrected chi connectivity index (χ3v) is 4.37. The fourth-order valence-electron chi connectivity index (χ4n) is 3.10. The summed E-state index contributed by atoms with van der Waals surface area (Å²) in [6.45, 7) is 0. The van der Waals surface area contributed by atoms with Crippen LogP contribution in [0.4, 0.5) is 10.2 Å². The number of hydrogen-bond donors (Lipinski definition) is 2. The van der Waals surface area contributed by atoms with Crippen LogP contribution in [0.25, 0.3) is 33.1 Å². The summed E-state index contributed by atoms with van der Waals surface area (Å²) >= 11 is 0. The maximum absolute atomic E-state index is 15.0. The molecule has 0 aliphatic carbocycles. The molecule has 25 heavy (non-hydrogen) atoms. The number of hydrogen-bond acceptors (Lipinski definition) is 4. The summed E-state index contributed by atoms with van der Waals surface area (Å²) in [5.74, 6) is -0.640. The first-order valence-electron chi connectivity index (χ1n) is 7.60. The number of aromatic nitrogens is 3. The van der Waals surface area contributed by atoms with Gasteiger partial charge in [-0.25, -0.2) is 14.2 Å². The molecule has 0 unspecified atom stereocenters. The summed E-state index contributed by atoms with van der Waals surface area (Å²) < 4.78 is 21.5. The van der Waals surface area contributed by atoms with Gasteiger partial charge in [0.2, 0.25) is 0 Å². The van der Waals surface area contributed by atoms with Crippen molar-refractivity contribution >= 4 is 33.6 Å². The second-order valence-corrected chi connectivity index (χ2v) is 5.81. The van der Waals surface area contributed by atoms with Crippen molar-refractivity contribution < 1.29 is 13.9 Å². The van der Waals surface area contributed by atoms with E-state index < -0.39 is 5.97 Å². The first kappa shape index (κ1) is 15.2. The molecule has 0 aliphatic rings. The number of halogens is 1. The molecule has 3 heterocycles. The molecule has 3 aromatic heterocycles. The number of carbonyl (C=O) groups excluding carboxylic acids is 1. The molecular formula is C18H15FN4O2. The first-order chi connectivity index (χ1) is 12.0. The van der Waals surface area contributed by atoms with E-state index in [9.17, 15) is 4.79 Å². The third-order valence-electron chi connectivity index (χ3n) is 4.37. The van der Waals surface area contributed by atoms with Gasteiger partial charge < -0.3 is 20.0 Å². The second kappa shape index (κ2) is 5.34. The lowest BCUT2D eigenvalue weighted by atomic mass is 10.1. The Bertz CT molecular complexity index is 1140. The Balaban J connectivity index is 1.99. The van der Waals surface area contributed by atoms with Crippen LogP contribution in [0.3, 0.4) is 0 Å². The van der Waals surface area contributed by atoms with Crippen molar-refractivity contribution in [2.24, 2.45) is 7.05 Å². The fraction of sp³-hybridized carbons (Fsp3) is 0.111. The molecule has 0 saturated heterocycles. The van der Waals surface area contributed by atoms with Crippen LogP contribution in [0, 0.1) is 5.82 Å². The summed E-state index contributed by atoms with van der Waals surface area (Å²) in [5, 5.41) is 1.36. The minimum Gasteiger partial charge on any atom is -0.465 e. The predicted molar refractivity (Wildman–Crippen MR) is 93.7 cm³/mol. The molecule has 0 radical (unpaired) electrons. The molecule has 3 N–H and O–H groups in total. The number of esters is 1. The van der Waals surface area contributed by atoms with Gasteiger partial charge in [-0.2, -0.15) is 0 Å². The summed E-state index contributed by atoms with van der Waals surface area (Å²) in [4.78, 5) is 19.0. The zero-order chi connectivity index (χ0) is 17.7. The number of ether oxygens (including phenoxy) is 1. The van der Waals surface area contributed by atoms with Crippen molar-refractivity contribution in [3.63, 3.8) is 0 Å². The molecule has 4 rings (SSSR count). The Morgan fingerprint density at radius 3 is 2.92 bits per heavy atom. The molecule has 126 valence electrons. The average Bonchev–Trinajstić information content (AvgIpc) is 3.20. The number of fused-ring (bicyclic) bond motifs is 2. The third kappa shape index (κ3) is 2.16. The number of nitrogen functional groups attached to an aromatic ring is 1. The van der Waals surface area contributed by atoms with Crippen molar-refractivity contribution in [3.05, 3.63) is 48.0 Å². The molecule has 0 spiro atoms. The number of H-pyrrole nitrogens is 1. The van der Waals surface area contributed by atoms with Crippen LogP contribution >= 0.6 is 0 Å². The van der Waals surface area contributed by atoms with Gasteiger partial charge in [0.1, 0.15) is 5.82 Å². The first-order valence-corrected chi connectivity index (χ1v) is 7.60. The van der Waals surface area contributed by atoms with Crippen molar-refractivity contribution in [2.75, 3.05) is 12.8 Å². The van der Waals surface area contributed by atoms with E-state index in [1.165, 1.54) is 13.3 Å². The van der Waals surface area contributed by atoms with Gasteiger partial charge in [-0.3, -0.25) is 0 Å². The van der Waals surface area contributed by atoms with Crippen LogP contribution in [-0.4, -0.2) is 27.6 Å². The normalized spacial score (nSPS) is 11.3. The lowest BCUT2D eigenvalue weighted by Gasteiger charge is -2.04.